The van der Waals surface area contributed by atoms with Gasteiger partial charge in [-0.05, 0) is 32.9 Å². The van der Waals surface area contributed by atoms with Crippen LogP contribution in [-0.2, 0) is 17.8 Å². The molecule has 0 saturated carbocycles. The van der Waals surface area contributed by atoms with Crippen molar-refractivity contribution < 1.29 is 22.7 Å². The van der Waals surface area contributed by atoms with Gasteiger partial charge in [-0.2, -0.15) is 18.3 Å². The molecule has 0 fully saturated rings. The number of amides is 1. The molecule has 0 saturated heterocycles. The summed E-state index contributed by atoms with van der Waals surface area (Å²) in [5, 5.41) is 15.7. The number of nitrogens with zero attached hydrogens (tertiary/aromatic N) is 5. The zero-order valence-corrected chi connectivity index (χ0v) is 16.7. The first-order valence-electron chi connectivity index (χ1n) is 9.24. The fraction of sp³-hybridized carbons (Fsp3) is 0.421. The standard InChI is InChI=1S/C19H21F3N6O2/c1-11(2)24-17(29)7-16-14-9-28(27-15(14)4-5-23-16)8-13-6-12(3)18(26-25-13)30-10-19(20,21)22/h4-6,9,11H,7-8,10H2,1-3H3,(H,24,29). The van der Waals surface area contributed by atoms with Crippen LogP contribution in [0, 0.1) is 6.92 Å². The molecular formula is C19H21F3N6O2. The van der Waals surface area contributed by atoms with Gasteiger partial charge in [0.2, 0.25) is 11.8 Å². The van der Waals surface area contributed by atoms with Crippen molar-refractivity contribution in [3.63, 3.8) is 0 Å². The van der Waals surface area contributed by atoms with Crippen LogP contribution in [0.5, 0.6) is 5.88 Å². The lowest BCUT2D eigenvalue weighted by molar-refractivity contribution is -0.154. The van der Waals surface area contributed by atoms with Crippen molar-refractivity contribution in [3.8, 4) is 5.88 Å². The summed E-state index contributed by atoms with van der Waals surface area (Å²) in [7, 11) is 0. The molecule has 11 heteroatoms. The van der Waals surface area contributed by atoms with Gasteiger partial charge in [0.15, 0.2) is 6.61 Å². The van der Waals surface area contributed by atoms with Gasteiger partial charge in [0, 0.05) is 29.4 Å². The highest BCUT2D eigenvalue weighted by Crippen LogP contribution is 2.20. The second-order valence-corrected chi connectivity index (χ2v) is 7.14. The van der Waals surface area contributed by atoms with E-state index >= 15 is 0 Å². The number of hydrogen-bond acceptors (Lipinski definition) is 6. The lowest BCUT2D eigenvalue weighted by Gasteiger charge is -2.10. The number of nitrogens with one attached hydrogen (secondary N) is 1. The molecule has 1 amide bonds. The van der Waals surface area contributed by atoms with Gasteiger partial charge in [-0.1, -0.05) is 0 Å². The van der Waals surface area contributed by atoms with Gasteiger partial charge in [-0.15, -0.1) is 10.2 Å². The quantitative estimate of drug-likeness (QED) is 0.629. The summed E-state index contributed by atoms with van der Waals surface area (Å²) in [5.41, 5.74) is 2.22. The number of carbonyl (C=O) groups is 1. The number of hydrogen-bond donors (Lipinski definition) is 1. The van der Waals surface area contributed by atoms with Crippen molar-refractivity contribution in [1.29, 1.82) is 0 Å². The van der Waals surface area contributed by atoms with Crippen LogP contribution >= 0.6 is 0 Å². The highest BCUT2D eigenvalue weighted by atomic mass is 19.4. The molecule has 160 valence electrons. The third kappa shape index (κ3) is 5.65. The maximum absolute atomic E-state index is 12.3. The SMILES string of the molecule is Cc1cc(Cn2cc3c(CC(=O)NC(C)C)nccc3n2)nnc1OCC(F)(F)F. The number of aryl methyl sites for hydroxylation is 1. The van der Waals surface area contributed by atoms with Gasteiger partial charge in [0.1, 0.15) is 0 Å². The Kier molecular flexibility index (Phi) is 6.18. The fourth-order valence-electron chi connectivity index (χ4n) is 2.86. The Bertz CT molecular complexity index is 1050. The minimum atomic E-state index is -4.44. The molecule has 3 rings (SSSR count). The molecule has 0 bridgehead atoms. The molecule has 0 aromatic carbocycles. The van der Waals surface area contributed by atoms with E-state index in [9.17, 15) is 18.0 Å². The zero-order chi connectivity index (χ0) is 21.9. The molecule has 0 aliphatic rings. The Labute approximate surface area is 170 Å². The van der Waals surface area contributed by atoms with Gasteiger partial charge in [0.25, 0.3) is 0 Å². The molecule has 0 aliphatic heterocycles. The summed E-state index contributed by atoms with van der Waals surface area (Å²) in [4.78, 5) is 16.4. The van der Waals surface area contributed by atoms with E-state index in [4.69, 9.17) is 0 Å². The maximum atomic E-state index is 12.3. The first kappa shape index (κ1) is 21.5. The van der Waals surface area contributed by atoms with Gasteiger partial charge in [-0.3, -0.25) is 14.5 Å². The second-order valence-electron chi connectivity index (χ2n) is 7.14. The molecule has 8 nitrogen and oxygen atoms in total. The van der Waals surface area contributed by atoms with E-state index in [0.29, 0.717) is 22.5 Å². The first-order chi connectivity index (χ1) is 14.1. The Hall–Kier alpha value is -3.24. The van der Waals surface area contributed by atoms with Crippen molar-refractivity contribution in [3.05, 3.63) is 41.5 Å². The predicted molar refractivity (Wildman–Crippen MR) is 102 cm³/mol. The van der Waals surface area contributed by atoms with Gasteiger partial charge in [0.05, 0.1) is 29.9 Å². The lowest BCUT2D eigenvalue weighted by atomic mass is 10.2. The van der Waals surface area contributed by atoms with Gasteiger partial charge >= 0.3 is 6.18 Å². The zero-order valence-electron chi connectivity index (χ0n) is 16.7. The van der Waals surface area contributed by atoms with Crippen LogP contribution in [0.15, 0.2) is 24.5 Å². The minimum Gasteiger partial charge on any atom is -0.467 e. The van der Waals surface area contributed by atoms with Gasteiger partial charge < -0.3 is 10.1 Å². The third-order valence-corrected chi connectivity index (χ3v) is 4.03. The molecule has 0 radical (unpaired) electrons. The number of fused-ring (bicyclic) bond motifs is 1. The fourth-order valence-corrected chi connectivity index (χ4v) is 2.86. The third-order valence-electron chi connectivity index (χ3n) is 4.03. The van der Waals surface area contributed by atoms with E-state index in [-0.39, 0.29) is 30.8 Å². The molecule has 0 atom stereocenters. The van der Waals surface area contributed by atoms with Crippen LogP contribution in [0.25, 0.3) is 10.9 Å². The van der Waals surface area contributed by atoms with Crippen LogP contribution in [-0.4, -0.2) is 49.7 Å². The normalized spacial score (nSPS) is 11.8. The topological polar surface area (TPSA) is 94.8 Å². The van der Waals surface area contributed by atoms with Crippen LogP contribution in [0.4, 0.5) is 13.2 Å². The summed E-state index contributed by atoms with van der Waals surface area (Å²) in [6, 6.07) is 3.37. The van der Waals surface area contributed by atoms with Gasteiger partial charge in [-0.25, -0.2) is 0 Å². The lowest BCUT2D eigenvalue weighted by Crippen LogP contribution is -2.31. The Balaban J connectivity index is 1.75. The van der Waals surface area contributed by atoms with Crippen LogP contribution in [0.3, 0.4) is 0 Å². The summed E-state index contributed by atoms with van der Waals surface area (Å²) >= 11 is 0. The largest absolute Gasteiger partial charge is 0.467 e. The van der Waals surface area contributed by atoms with E-state index < -0.39 is 12.8 Å². The van der Waals surface area contributed by atoms with E-state index in [0.717, 1.165) is 5.39 Å². The van der Waals surface area contributed by atoms with E-state index in [2.05, 4.69) is 30.3 Å². The number of pyridine rings is 1. The predicted octanol–water partition coefficient (Wildman–Crippen LogP) is 2.59. The van der Waals surface area contributed by atoms with E-state index in [1.807, 2.05) is 13.8 Å². The van der Waals surface area contributed by atoms with Crippen LogP contribution < -0.4 is 10.1 Å². The molecule has 3 aromatic heterocycles. The molecule has 0 unspecified atom stereocenters. The van der Waals surface area contributed by atoms with Crippen LogP contribution in [0.2, 0.25) is 0 Å². The maximum Gasteiger partial charge on any atom is 0.422 e. The molecule has 1 N–H and O–H groups in total. The minimum absolute atomic E-state index is 0.0318. The summed E-state index contributed by atoms with van der Waals surface area (Å²) in [6.45, 7) is 4.18. The highest BCUT2D eigenvalue weighted by Gasteiger charge is 2.29. The van der Waals surface area contributed by atoms with Crippen molar-refractivity contribution in [2.75, 3.05) is 6.61 Å². The summed E-state index contributed by atoms with van der Waals surface area (Å²) < 4.78 is 43.2. The number of ether oxygens (including phenoxy) is 1. The summed E-state index contributed by atoms with van der Waals surface area (Å²) in [5.74, 6) is -0.293. The average Bonchev–Trinajstić information content (AvgIpc) is 3.03. The number of carbonyl (C=O) groups excluding carboxylic acids is 1. The van der Waals surface area contributed by atoms with Crippen molar-refractivity contribution >= 4 is 16.8 Å². The smallest absolute Gasteiger partial charge is 0.422 e. The average molecular weight is 422 g/mol. The molecule has 0 aliphatic carbocycles. The number of alkyl halides is 3. The van der Waals surface area contributed by atoms with Crippen molar-refractivity contribution in [1.82, 2.24) is 30.3 Å². The van der Waals surface area contributed by atoms with Crippen molar-refractivity contribution in [2.24, 2.45) is 0 Å². The molecule has 30 heavy (non-hydrogen) atoms. The Morgan fingerprint density at radius 3 is 2.73 bits per heavy atom. The Morgan fingerprint density at radius 1 is 1.30 bits per heavy atom. The second kappa shape index (κ2) is 8.64. The molecule has 0 spiro atoms. The highest BCUT2D eigenvalue weighted by molar-refractivity contribution is 5.86. The number of halogens is 3. The number of aromatic nitrogens is 5. The Morgan fingerprint density at radius 2 is 2.07 bits per heavy atom. The van der Waals surface area contributed by atoms with Crippen LogP contribution in [0.1, 0.15) is 30.8 Å². The first-order valence-corrected chi connectivity index (χ1v) is 9.24. The monoisotopic (exact) mass is 422 g/mol. The van der Waals surface area contributed by atoms with Crippen molar-refractivity contribution in [2.45, 2.75) is 46.0 Å². The van der Waals surface area contributed by atoms with E-state index in [1.165, 1.54) is 0 Å². The molecular weight excluding hydrogens is 401 g/mol. The van der Waals surface area contributed by atoms with E-state index in [1.54, 1.807) is 36.1 Å². The number of rotatable bonds is 7. The molecule has 3 aromatic rings. The summed E-state index contributed by atoms with van der Waals surface area (Å²) in [6.07, 6.45) is -0.967. The molecule has 3 heterocycles.